The van der Waals surface area contributed by atoms with E-state index in [1.54, 1.807) is 19.1 Å². The molecule has 4 aromatic rings. The van der Waals surface area contributed by atoms with Gasteiger partial charge in [-0.15, -0.1) is 0 Å². The Kier molecular flexibility index (Phi) is 3.00. The summed E-state index contributed by atoms with van der Waals surface area (Å²) in [5, 5.41) is 9.60. The number of rotatable bonds is 1. The molecule has 0 saturated carbocycles. The van der Waals surface area contributed by atoms with Crippen molar-refractivity contribution in [2.45, 2.75) is 6.92 Å². The van der Waals surface area contributed by atoms with Gasteiger partial charge in [-0.25, -0.2) is 4.39 Å². The maximum Gasteiger partial charge on any atom is 0.265 e. The van der Waals surface area contributed by atoms with Gasteiger partial charge in [-0.3, -0.25) is 9.20 Å². The summed E-state index contributed by atoms with van der Waals surface area (Å²) < 4.78 is 15.1. The van der Waals surface area contributed by atoms with Gasteiger partial charge in [-0.1, -0.05) is 24.3 Å². The molecule has 0 bridgehead atoms. The zero-order chi connectivity index (χ0) is 16.8. The third-order valence-corrected chi connectivity index (χ3v) is 4.25. The third kappa shape index (κ3) is 1.87. The molecule has 2 aromatic heterocycles. The average Bonchev–Trinajstić information content (AvgIpc) is 2.95. The number of aromatic nitrogens is 2. The standard InChI is InChI=1S/C19H12FN3O/c1-11-14(10-21)18-22-15-7-2-3-8-16(15)23(18)19(24)17(11)12-5-4-6-13(20)9-12/h2-9,22H,1H3. The lowest BCUT2D eigenvalue weighted by Gasteiger charge is -2.09. The third-order valence-electron chi connectivity index (χ3n) is 4.25. The molecule has 0 aliphatic carbocycles. The Labute approximate surface area is 136 Å². The number of halogens is 1. The molecule has 116 valence electrons. The first-order valence-electron chi connectivity index (χ1n) is 7.44. The number of hydrogen-bond acceptors (Lipinski definition) is 2. The minimum atomic E-state index is -0.422. The molecule has 1 N–H and O–H groups in total. The van der Waals surface area contributed by atoms with Gasteiger partial charge >= 0.3 is 0 Å². The predicted molar refractivity (Wildman–Crippen MR) is 90.4 cm³/mol. The average molecular weight is 317 g/mol. The van der Waals surface area contributed by atoms with Gasteiger partial charge < -0.3 is 4.98 Å². The van der Waals surface area contributed by atoms with E-state index in [1.165, 1.54) is 16.5 Å². The fourth-order valence-corrected chi connectivity index (χ4v) is 3.16. The molecule has 0 aliphatic rings. The topological polar surface area (TPSA) is 61.1 Å². The summed E-state index contributed by atoms with van der Waals surface area (Å²) >= 11 is 0. The summed E-state index contributed by atoms with van der Waals surface area (Å²) in [4.78, 5) is 16.3. The number of H-pyrrole nitrogens is 1. The second-order valence-corrected chi connectivity index (χ2v) is 5.63. The monoisotopic (exact) mass is 317 g/mol. The smallest absolute Gasteiger partial charge is 0.265 e. The van der Waals surface area contributed by atoms with Crippen LogP contribution in [0.1, 0.15) is 11.1 Å². The predicted octanol–water partition coefficient (Wildman–Crippen LogP) is 3.77. The molecule has 0 unspecified atom stereocenters. The molecule has 0 amide bonds. The Bertz CT molecular complexity index is 1210. The second kappa shape index (κ2) is 5.07. The van der Waals surface area contributed by atoms with Crippen LogP contribution >= 0.6 is 0 Å². The van der Waals surface area contributed by atoms with E-state index < -0.39 is 5.82 Å². The number of benzene rings is 2. The maximum absolute atomic E-state index is 13.6. The Morgan fingerprint density at radius 1 is 1.17 bits per heavy atom. The van der Waals surface area contributed by atoms with Gasteiger partial charge in [0.05, 0.1) is 22.2 Å². The maximum atomic E-state index is 13.6. The molecule has 0 fully saturated rings. The zero-order valence-electron chi connectivity index (χ0n) is 12.8. The van der Waals surface area contributed by atoms with E-state index >= 15 is 0 Å². The first-order valence-corrected chi connectivity index (χ1v) is 7.44. The minimum absolute atomic E-state index is 0.274. The second-order valence-electron chi connectivity index (χ2n) is 5.63. The number of nitrogens with zero attached hydrogens (tertiary/aromatic N) is 2. The van der Waals surface area contributed by atoms with Crippen LogP contribution in [0.5, 0.6) is 0 Å². The summed E-state index contributed by atoms with van der Waals surface area (Å²) in [5.41, 5.74) is 3.37. The van der Waals surface area contributed by atoms with Crippen LogP contribution in [0.2, 0.25) is 0 Å². The van der Waals surface area contributed by atoms with Crippen molar-refractivity contribution < 1.29 is 4.39 Å². The van der Waals surface area contributed by atoms with Crippen molar-refractivity contribution in [1.29, 1.82) is 5.26 Å². The van der Waals surface area contributed by atoms with Crippen LogP contribution in [0.4, 0.5) is 4.39 Å². The van der Waals surface area contributed by atoms with Crippen molar-refractivity contribution in [2.24, 2.45) is 0 Å². The van der Waals surface area contributed by atoms with Gasteiger partial charge in [-0.2, -0.15) is 5.26 Å². The van der Waals surface area contributed by atoms with Gasteiger partial charge in [0.25, 0.3) is 5.56 Å². The van der Waals surface area contributed by atoms with Crippen LogP contribution < -0.4 is 5.56 Å². The fourth-order valence-electron chi connectivity index (χ4n) is 3.16. The lowest BCUT2D eigenvalue weighted by atomic mass is 9.99. The molecule has 0 atom stereocenters. The van der Waals surface area contributed by atoms with Crippen LogP contribution in [0, 0.1) is 24.1 Å². The number of nitriles is 1. The van der Waals surface area contributed by atoms with Crippen molar-refractivity contribution in [2.75, 3.05) is 0 Å². The normalized spacial score (nSPS) is 11.0. The van der Waals surface area contributed by atoms with Crippen LogP contribution in [0.3, 0.4) is 0 Å². The van der Waals surface area contributed by atoms with E-state index in [0.717, 1.165) is 5.52 Å². The molecule has 24 heavy (non-hydrogen) atoms. The number of para-hydroxylation sites is 2. The molecular formula is C19H12FN3O. The summed E-state index contributed by atoms with van der Waals surface area (Å²) in [6, 6.07) is 15.4. The number of hydrogen-bond donors (Lipinski definition) is 1. The Morgan fingerprint density at radius 3 is 2.71 bits per heavy atom. The van der Waals surface area contributed by atoms with Crippen LogP contribution in [-0.4, -0.2) is 9.38 Å². The van der Waals surface area contributed by atoms with Crippen molar-refractivity contribution in [1.82, 2.24) is 9.38 Å². The lowest BCUT2D eigenvalue weighted by Crippen LogP contribution is -2.18. The number of imidazole rings is 1. The van der Waals surface area contributed by atoms with Crippen molar-refractivity contribution in [3.05, 3.63) is 75.8 Å². The Balaban J connectivity index is 2.25. The summed E-state index contributed by atoms with van der Waals surface area (Å²) in [6.45, 7) is 1.71. The quantitative estimate of drug-likeness (QED) is 0.581. The number of aromatic amines is 1. The van der Waals surface area contributed by atoms with E-state index in [-0.39, 0.29) is 5.56 Å². The molecule has 0 saturated heterocycles. The summed E-state index contributed by atoms with van der Waals surface area (Å²) in [5.74, 6) is -0.422. The number of fused-ring (bicyclic) bond motifs is 3. The van der Waals surface area contributed by atoms with E-state index in [1.807, 2.05) is 24.3 Å². The van der Waals surface area contributed by atoms with Crippen LogP contribution in [-0.2, 0) is 0 Å². The van der Waals surface area contributed by atoms with Crippen LogP contribution in [0.15, 0.2) is 53.3 Å². The van der Waals surface area contributed by atoms with Crippen LogP contribution in [0.25, 0.3) is 27.8 Å². The lowest BCUT2D eigenvalue weighted by molar-refractivity contribution is 0.628. The zero-order valence-corrected chi connectivity index (χ0v) is 12.8. The van der Waals surface area contributed by atoms with Gasteiger partial charge in [0.15, 0.2) is 0 Å². The largest absolute Gasteiger partial charge is 0.338 e. The molecule has 4 rings (SSSR count). The molecule has 2 aromatic carbocycles. The highest BCUT2D eigenvalue weighted by Crippen LogP contribution is 2.27. The van der Waals surface area contributed by atoms with Gasteiger partial charge in [0.1, 0.15) is 17.5 Å². The first-order chi connectivity index (χ1) is 11.6. The first kappa shape index (κ1) is 14.2. The molecule has 0 radical (unpaired) electrons. The molecular weight excluding hydrogens is 305 g/mol. The highest BCUT2D eigenvalue weighted by Gasteiger charge is 2.19. The van der Waals surface area contributed by atoms with Crippen molar-refractivity contribution in [3.8, 4) is 17.2 Å². The molecule has 0 aliphatic heterocycles. The SMILES string of the molecule is Cc1c(-c2cccc(F)c2)c(=O)n2c([nH]c3ccccc32)c1C#N. The van der Waals surface area contributed by atoms with E-state index in [9.17, 15) is 14.4 Å². The van der Waals surface area contributed by atoms with Gasteiger partial charge in [0, 0.05) is 0 Å². The van der Waals surface area contributed by atoms with Crippen molar-refractivity contribution in [3.63, 3.8) is 0 Å². The number of nitrogens with one attached hydrogen (secondary N) is 1. The molecule has 0 spiro atoms. The fraction of sp³-hybridized carbons (Fsp3) is 0.0526. The van der Waals surface area contributed by atoms with E-state index in [4.69, 9.17) is 0 Å². The Morgan fingerprint density at radius 2 is 1.96 bits per heavy atom. The summed E-state index contributed by atoms with van der Waals surface area (Å²) in [6.07, 6.45) is 0. The Hall–Kier alpha value is -3.39. The molecule has 5 heteroatoms. The molecule has 4 nitrogen and oxygen atoms in total. The van der Waals surface area contributed by atoms with E-state index in [2.05, 4.69) is 11.1 Å². The van der Waals surface area contributed by atoms with E-state index in [0.29, 0.717) is 33.4 Å². The highest BCUT2D eigenvalue weighted by molar-refractivity contribution is 5.85. The summed E-state index contributed by atoms with van der Waals surface area (Å²) in [7, 11) is 0. The van der Waals surface area contributed by atoms with Gasteiger partial charge in [0.2, 0.25) is 0 Å². The van der Waals surface area contributed by atoms with Gasteiger partial charge in [-0.05, 0) is 42.3 Å². The number of pyridine rings is 1. The minimum Gasteiger partial charge on any atom is -0.338 e. The molecule has 2 heterocycles. The van der Waals surface area contributed by atoms with Crippen molar-refractivity contribution >= 4 is 16.7 Å². The highest BCUT2D eigenvalue weighted by atomic mass is 19.1.